The molecule has 0 bridgehead atoms. The highest BCUT2D eigenvalue weighted by atomic mass is 35.5. The van der Waals surface area contributed by atoms with Crippen LogP contribution < -0.4 is 5.32 Å². The number of nitrogens with one attached hydrogen (secondary N) is 1. The number of carbonyl (C=O) groups excluding carboxylic acids is 1. The monoisotopic (exact) mass is 520 g/mol. The Morgan fingerprint density at radius 2 is 1.70 bits per heavy atom. The summed E-state index contributed by atoms with van der Waals surface area (Å²) in [7, 11) is 0. The van der Waals surface area contributed by atoms with Crippen molar-refractivity contribution in [3.63, 3.8) is 0 Å². The fraction of sp³-hybridized carbons (Fsp3) is 0.105. The lowest BCUT2D eigenvalue weighted by atomic mass is 10.2. The van der Waals surface area contributed by atoms with Gasteiger partial charge >= 0.3 is 0 Å². The fourth-order valence-corrected chi connectivity index (χ4v) is 4.68. The molecular formula is C19H13Cl5N4OS. The van der Waals surface area contributed by atoms with Crippen molar-refractivity contribution in [3.05, 3.63) is 68.1 Å². The van der Waals surface area contributed by atoms with Crippen LogP contribution in [-0.2, 0) is 11.3 Å². The lowest BCUT2D eigenvalue weighted by Crippen LogP contribution is -2.15. The van der Waals surface area contributed by atoms with Crippen LogP contribution >= 0.6 is 69.8 Å². The Kier molecular flexibility index (Phi) is 7.96. The molecule has 1 heterocycles. The first-order valence-corrected chi connectivity index (χ1v) is 11.2. The number of thioether (sulfide) groups is 1. The van der Waals surface area contributed by atoms with E-state index >= 15 is 0 Å². The van der Waals surface area contributed by atoms with Gasteiger partial charge in [0.1, 0.15) is 0 Å². The summed E-state index contributed by atoms with van der Waals surface area (Å²) < 4.78 is 1.81. The molecule has 0 radical (unpaired) electrons. The van der Waals surface area contributed by atoms with Crippen LogP contribution in [0.2, 0.25) is 25.1 Å². The normalized spacial score (nSPS) is 10.8. The van der Waals surface area contributed by atoms with Gasteiger partial charge in [0.05, 0.1) is 26.5 Å². The summed E-state index contributed by atoms with van der Waals surface area (Å²) in [6, 6.07) is 8.11. The van der Waals surface area contributed by atoms with Gasteiger partial charge in [0.25, 0.3) is 0 Å². The number of benzene rings is 2. The van der Waals surface area contributed by atoms with Gasteiger partial charge in [0.15, 0.2) is 11.0 Å². The first kappa shape index (κ1) is 23.3. The zero-order valence-corrected chi connectivity index (χ0v) is 19.7. The van der Waals surface area contributed by atoms with E-state index in [1.807, 2.05) is 4.57 Å². The molecule has 156 valence electrons. The van der Waals surface area contributed by atoms with E-state index in [1.165, 1.54) is 23.9 Å². The average Bonchev–Trinajstić information content (AvgIpc) is 3.06. The SMILES string of the molecule is C=CCn1c(SCC(=O)Nc2c(Cl)cc(Cl)cc2Cl)nnc1-c1ccc(Cl)cc1Cl. The quantitative estimate of drug-likeness (QED) is 0.265. The molecule has 0 saturated heterocycles. The smallest absolute Gasteiger partial charge is 0.234 e. The Morgan fingerprint density at radius 3 is 2.33 bits per heavy atom. The maximum absolute atomic E-state index is 12.4. The van der Waals surface area contributed by atoms with Crippen LogP contribution in [0.15, 0.2) is 48.1 Å². The Morgan fingerprint density at radius 1 is 1.03 bits per heavy atom. The van der Waals surface area contributed by atoms with Gasteiger partial charge in [-0.15, -0.1) is 16.8 Å². The molecule has 5 nitrogen and oxygen atoms in total. The predicted molar refractivity (Wildman–Crippen MR) is 127 cm³/mol. The van der Waals surface area contributed by atoms with Crippen LogP contribution in [0.25, 0.3) is 11.4 Å². The van der Waals surface area contributed by atoms with Crippen LogP contribution in [0.1, 0.15) is 0 Å². The largest absolute Gasteiger partial charge is 0.323 e. The van der Waals surface area contributed by atoms with Gasteiger partial charge in [-0.2, -0.15) is 0 Å². The molecule has 1 aromatic heterocycles. The van der Waals surface area contributed by atoms with Crippen molar-refractivity contribution in [2.75, 3.05) is 11.1 Å². The summed E-state index contributed by atoms with van der Waals surface area (Å²) >= 11 is 31.6. The first-order chi connectivity index (χ1) is 14.3. The third-order valence-electron chi connectivity index (χ3n) is 3.80. The lowest BCUT2D eigenvalue weighted by molar-refractivity contribution is -0.113. The van der Waals surface area contributed by atoms with Crippen molar-refractivity contribution in [1.82, 2.24) is 14.8 Å². The maximum atomic E-state index is 12.4. The number of anilines is 1. The lowest BCUT2D eigenvalue weighted by Gasteiger charge is -2.11. The summed E-state index contributed by atoms with van der Waals surface area (Å²) in [5, 5.41) is 13.5. The molecule has 3 rings (SSSR count). The van der Waals surface area contributed by atoms with E-state index in [2.05, 4.69) is 22.1 Å². The average molecular weight is 523 g/mol. The van der Waals surface area contributed by atoms with Crippen molar-refractivity contribution in [3.8, 4) is 11.4 Å². The summed E-state index contributed by atoms with van der Waals surface area (Å²) in [5.41, 5.74) is 0.973. The van der Waals surface area contributed by atoms with Gasteiger partial charge in [0, 0.05) is 22.2 Å². The molecular weight excluding hydrogens is 510 g/mol. The van der Waals surface area contributed by atoms with Crippen LogP contribution in [0.4, 0.5) is 5.69 Å². The van der Waals surface area contributed by atoms with E-state index < -0.39 is 0 Å². The zero-order chi connectivity index (χ0) is 21.8. The van der Waals surface area contributed by atoms with E-state index in [-0.39, 0.29) is 21.7 Å². The number of aromatic nitrogens is 3. The van der Waals surface area contributed by atoms with E-state index in [1.54, 1.807) is 24.3 Å². The van der Waals surface area contributed by atoms with E-state index in [4.69, 9.17) is 58.0 Å². The van der Waals surface area contributed by atoms with Crippen molar-refractivity contribution in [2.45, 2.75) is 11.7 Å². The van der Waals surface area contributed by atoms with Gasteiger partial charge in [0.2, 0.25) is 5.91 Å². The fourth-order valence-electron chi connectivity index (χ4n) is 2.53. The van der Waals surface area contributed by atoms with Crippen LogP contribution in [0.3, 0.4) is 0 Å². The Hall–Kier alpha value is -1.41. The summed E-state index contributed by atoms with van der Waals surface area (Å²) in [6.45, 7) is 4.20. The van der Waals surface area contributed by atoms with Crippen molar-refractivity contribution in [1.29, 1.82) is 0 Å². The summed E-state index contributed by atoms with van der Waals surface area (Å²) in [5.74, 6) is 0.285. The van der Waals surface area contributed by atoms with E-state index in [0.717, 1.165) is 0 Å². The number of carbonyl (C=O) groups is 1. The molecule has 1 N–H and O–H groups in total. The highest BCUT2D eigenvalue weighted by Gasteiger charge is 2.18. The van der Waals surface area contributed by atoms with Crippen molar-refractivity contribution < 1.29 is 4.79 Å². The number of hydrogen-bond donors (Lipinski definition) is 1. The van der Waals surface area contributed by atoms with Crippen molar-refractivity contribution in [2.24, 2.45) is 0 Å². The number of hydrogen-bond acceptors (Lipinski definition) is 4. The maximum Gasteiger partial charge on any atom is 0.234 e. The Labute approximate surface area is 202 Å². The molecule has 1 amide bonds. The molecule has 0 unspecified atom stereocenters. The Bertz CT molecular complexity index is 1100. The van der Waals surface area contributed by atoms with Crippen molar-refractivity contribution >= 4 is 81.4 Å². The first-order valence-electron chi connectivity index (χ1n) is 8.37. The number of allylic oxidation sites excluding steroid dienone is 1. The highest BCUT2D eigenvalue weighted by molar-refractivity contribution is 7.99. The molecule has 0 fully saturated rings. The van der Waals surface area contributed by atoms with Gasteiger partial charge in [-0.1, -0.05) is 75.8 Å². The third-order valence-corrected chi connectivity index (χ3v) is 6.13. The second-order valence-corrected chi connectivity index (χ2v) is 8.95. The second kappa shape index (κ2) is 10.3. The molecule has 0 saturated carbocycles. The minimum Gasteiger partial charge on any atom is -0.323 e. The Balaban J connectivity index is 1.78. The highest BCUT2D eigenvalue weighted by Crippen LogP contribution is 2.34. The minimum absolute atomic E-state index is 0.0545. The van der Waals surface area contributed by atoms with Gasteiger partial charge in [-0.25, -0.2) is 0 Å². The number of nitrogens with zero attached hydrogens (tertiary/aromatic N) is 3. The third kappa shape index (κ3) is 5.44. The molecule has 0 aliphatic rings. The molecule has 0 aliphatic heterocycles. The number of amides is 1. The van der Waals surface area contributed by atoms with Gasteiger partial charge in [-0.3, -0.25) is 9.36 Å². The summed E-state index contributed by atoms with van der Waals surface area (Å²) in [4.78, 5) is 12.4. The predicted octanol–water partition coefficient (Wildman–Crippen LogP) is 7.13. The van der Waals surface area contributed by atoms with E-state index in [0.29, 0.717) is 43.8 Å². The summed E-state index contributed by atoms with van der Waals surface area (Å²) in [6.07, 6.45) is 1.70. The molecule has 2 aromatic carbocycles. The van der Waals surface area contributed by atoms with Gasteiger partial charge < -0.3 is 5.32 Å². The molecule has 0 aliphatic carbocycles. The topological polar surface area (TPSA) is 59.8 Å². The number of rotatable bonds is 7. The van der Waals surface area contributed by atoms with Gasteiger partial charge in [-0.05, 0) is 30.3 Å². The van der Waals surface area contributed by atoms with Crippen LogP contribution in [0.5, 0.6) is 0 Å². The number of halogens is 5. The molecule has 0 spiro atoms. The molecule has 30 heavy (non-hydrogen) atoms. The minimum atomic E-state index is -0.314. The van der Waals surface area contributed by atoms with E-state index in [9.17, 15) is 4.79 Å². The molecule has 11 heteroatoms. The standard InChI is InChI=1S/C19H13Cl5N4OS/c1-2-5-28-18(12-4-3-10(20)6-13(12)22)26-27-19(28)30-9-16(29)25-17-14(23)7-11(21)8-15(17)24/h2-4,6-8H,1,5,9H2,(H,25,29). The molecule has 0 atom stereocenters. The van der Waals surface area contributed by atoms with Crippen LogP contribution in [-0.4, -0.2) is 26.4 Å². The van der Waals surface area contributed by atoms with Crippen LogP contribution in [0, 0.1) is 0 Å². The zero-order valence-electron chi connectivity index (χ0n) is 15.1. The second-order valence-electron chi connectivity index (χ2n) is 5.91. The molecule has 3 aromatic rings.